The van der Waals surface area contributed by atoms with Gasteiger partial charge in [0.1, 0.15) is 11.5 Å². The number of ether oxygens (including phenoxy) is 1. The summed E-state index contributed by atoms with van der Waals surface area (Å²) >= 11 is 0. The summed E-state index contributed by atoms with van der Waals surface area (Å²) in [4.78, 5) is 25.8. The lowest BCUT2D eigenvalue weighted by Gasteiger charge is -2.21. The molecule has 0 radical (unpaired) electrons. The molecular formula is C16H15NO4. The summed E-state index contributed by atoms with van der Waals surface area (Å²) in [6, 6.07) is 9.70. The Morgan fingerprint density at radius 3 is 2.86 bits per heavy atom. The molecule has 1 amide bonds. The minimum Gasteiger partial charge on any atom is -0.481 e. The lowest BCUT2D eigenvalue weighted by molar-refractivity contribution is -0.148. The number of nitrogens with zero attached hydrogens (tertiary/aromatic N) is 1. The van der Waals surface area contributed by atoms with E-state index in [4.69, 9.17) is 4.74 Å². The molecule has 2 fully saturated rings. The highest BCUT2D eigenvalue weighted by Crippen LogP contribution is 2.52. The molecule has 4 rings (SSSR count). The molecule has 4 atom stereocenters. The molecule has 4 unspecified atom stereocenters. The van der Waals surface area contributed by atoms with Crippen LogP contribution in [0.4, 0.5) is 0 Å². The molecule has 1 aromatic carbocycles. The van der Waals surface area contributed by atoms with Gasteiger partial charge in [0.25, 0.3) is 0 Å². The summed E-state index contributed by atoms with van der Waals surface area (Å²) < 4.78 is 5.84. The van der Waals surface area contributed by atoms with Crippen molar-refractivity contribution in [1.29, 1.82) is 0 Å². The number of carbonyl (C=O) groups is 2. The Hall–Kier alpha value is -2.14. The number of fused-ring (bicyclic) bond motifs is 1. The van der Waals surface area contributed by atoms with E-state index in [1.807, 2.05) is 36.4 Å². The van der Waals surface area contributed by atoms with E-state index >= 15 is 0 Å². The quantitative estimate of drug-likeness (QED) is 0.843. The molecule has 5 heteroatoms. The molecule has 0 aromatic heterocycles. The zero-order chi connectivity index (χ0) is 14.6. The van der Waals surface area contributed by atoms with E-state index in [9.17, 15) is 14.7 Å². The molecule has 108 valence electrons. The fourth-order valence-electron chi connectivity index (χ4n) is 3.80. The summed E-state index contributed by atoms with van der Waals surface area (Å²) in [5, 5.41) is 9.39. The van der Waals surface area contributed by atoms with Crippen molar-refractivity contribution in [3.05, 3.63) is 48.0 Å². The van der Waals surface area contributed by atoms with Crippen molar-refractivity contribution in [3.63, 3.8) is 0 Å². The molecule has 3 heterocycles. The number of aliphatic carboxylic acids is 1. The summed E-state index contributed by atoms with van der Waals surface area (Å²) in [7, 11) is 0. The smallest absolute Gasteiger partial charge is 0.310 e. The third-order valence-corrected chi connectivity index (χ3v) is 4.68. The third-order valence-electron chi connectivity index (χ3n) is 4.68. The number of benzene rings is 1. The van der Waals surface area contributed by atoms with Gasteiger partial charge in [-0.3, -0.25) is 9.59 Å². The first-order valence-corrected chi connectivity index (χ1v) is 7.03. The zero-order valence-electron chi connectivity index (χ0n) is 11.3. The van der Waals surface area contributed by atoms with Crippen molar-refractivity contribution >= 4 is 11.9 Å². The number of rotatable bonds is 3. The molecule has 1 aromatic rings. The standard InChI is InChI=1S/C16H15NO4/c18-14-13-12(15(19)20)11-6-7-16(13,21-11)9-17(14)8-10-4-2-1-3-5-10/h1-7,11-13H,8-9H2,(H,19,20). The SMILES string of the molecule is O=C(O)C1C2C=CC3(CN(Cc4ccccc4)C(=O)C13)O2. The van der Waals surface area contributed by atoms with Crippen LogP contribution in [0.2, 0.25) is 0 Å². The number of amides is 1. The van der Waals surface area contributed by atoms with Crippen LogP contribution >= 0.6 is 0 Å². The number of likely N-dealkylation sites (tertiary alicyclic amines) is 1. The fraction of sp³-hybridized carbons (Fsp3) is 0.375. The molecule has 5 nitrogen and oxygen atoms in total. The molecule has 3 aliphatic heterocycles. The van der Waals surface area contributed by atoms with E-state index in [0.29, 0.717) is 13.1 Å². The predicted molar refractivity (Wildman–Crippen MR) is 73.2 cm³/mol. The molecule has 1 spiro atoms. The highest BCUT2D eigenvalue weighted by Gasteiger charge is 2.66. The van der Waals surface area contributed by atoms with Gasteiger partial charge in [0.15, 0.2) is 0 Å². The second-order valence-corrected chi connectivity index (χ2v) is 5.92. The van der Waals surface area contributed by atoms with E-state index in [1.54, 1.807) is 11.0 Å². The molecule has 21 heavy (non-hydrogen) atoms. The highest BCUT2D eigenvalue weighted by atomic mass is 16.5. The summed E-state index contributed by atoms with van der Waals surface area (Å²) in [5.74, 6) is -2.42. The summed E-state index contributed by atoms with van der Waals surface area (Å²) in [5.41, 5.74) is 0.298. The second-order valence-electron chi connectivity index (χ2n) is 5.92. The third kappa shape index (κ3) is 1.67. The monoisotopic (exact) mass is 285 g/mol. The van der Waals surface area contributed by atoms with Crippen LogP contribution in [0.25, 0.3) is 0 Å². The second kappa shape index (κ2) is 4.18. The number of hydrogen-bond acceptors (Lipinski definition) is 3. The van der Waals surface area contributed by atoms with Gasteiger partial charge in [-0.15, -0.1) is 0 Å². The van der Waals surface area contributed by atoms with Crippen molar-refractivity contribution in [2.24, 2.45) is 11.8 Å². The van der Waals surface area contributed by atoms with Gasteiger partial charge in [0.2, 0.25) is 5.91 Å². The van der Waals surface area contributed by atoms with Gasteiger partial charge in [0.05, 0.1) is 18.6 Å². The highest BCUT2D eigenvalue weighted by molar-refractivity contribution is 5.90. The Balaban J connectivity index is 1.63. The fourth-order valence-corrected chi connectivity index (χ4v) is 3.80. The van der Waals surface area contributed by atoms with Crippen LogP contribution in [0.1, 0.15) is 5.56 Å². The summed E-state index contributed by atoms with van der Waals surface area (Å²) in [6.45, 7) is 0.925. The van der Waals surface area contributed by atoms with Crippen LogP contribution in [0.5, 0.6) is 0 Å². The molecule has 2 saturated heterocycles. The van der Waals surface area contributed by atoms with Crippen molar-refractivity contribution in [1.82, 2.24) is 4.90 Å². The molecule has 0 aliphatic carbocycles. The van der Waals surface area contributed by atoms with E-state index in [0.717, 1.165) is 5.56 Å². The van der Waals surface area contributed by atoms with Gasteiger partial charge in [-0.1, -0.05) is 42.5 Å². The molecule has 0 saturated carbocycles. The lowest BCUT2D eigenvalue weighted by atomic mass is 9.77. The van der Waals surface area contributed by atoms with Gasteiger partial charge in [0, 0.05) is 6.54 Å². The molecular weight excluding hydrogens is 270 g/mol. The lowest BCUT2D eigenvalue weighted by Crippen LogP contribution is -2.39. The van der Waals surface area contributed by atoms with Crippen LogP contribution < -0.4 is 0 Å². The molecule has 3 aliphatic rings. The Morgan fingerprint density at radius 2 is 2.14 bits per heavy atom. The van der Waals surface area contributed by atoms with Crippen LogP contribution in [-0.2, 0) is 20.9 Å². The van der Waals surface area contributed by atoms with Gasteiger partial charge in [-0.05, 0) is 5.56 Å². The van der Waals surface area contributed by atoms with Crippen molar-refractivity contribution in [2.75, 3.05) is 6.54 Å². The first-order chi connectivity index (χ1) is 10.1. The van der Waals surface area contributed by atoms with Gasteiger partial charge in [-0.25, -0.2) is 0 Å². The molecule has 1 N–H and O–H groups in total. The largest absolute Gasteiger partial charge is 0.481 e. The minimum atomic E-state index is -0.953. The van der Waals surface area contributed by atoms with E-state index in [1.165, 1.54) is 0 Å². The maximum Gasteiger partial charge on any atom is 0.310 e. The van der Waals surface area contributed by atoms with Crippen molar-refractivity contribution < 1.29 is 19.4 Å². The topological polar surface area (TPSA) is 66.8 Å². The number of carboxylic acids is 1. The average Bonchev–Trinajstić information content (AvgIpc) is 3.09. The van der Waals surface area contributed by atoms with Crippen LogP contribution in [-0.4, -0.2) is 40.1 Å². The first kappa shape index (κ1) is 12.6. The van der Waals surface area contributed by atoms with Gasteiger partial charge >= 0.3 is 5.97 Å². The maximum atomic E-state index is 12.6. The average molecular weight is 285 g/mol. The predicted octanol–water partition coefficient (Wildman–Crippen LogP) is 1.05. The molecule has 2 bridgehead atoms. The summed E-state index contributed by atoms with van der Waals surface area (Å²) in [6.07, 6.45) is 3.20. The van der Waals surface area contributed by atoms with Gasteiger partial charge < -0.3 is 14.7 Å². The maximum absolute atomic E-state index is 12.6. The number of carbonyl (C=O) groups excluding carboxylic acids is 1. The number of carboxylic acid groups (broad SMARTS) is 1. The Kier molecular flexibility index (Phi) is 2.50. The minimum absolute atomic E-state index is 0.113. The van der Waals surface area contributed by atoms with Crippen molar-refractivity contribution in [3.8, 4) is 0 Å². The van der Waals surface area contributed by atoms with Crippen molar-refractivity contribution in [2.45, 2.75) is 18.2 Å². The van der Waals surface area contributed by atoms with Crippen LogP contribution in [0, 0.1) is 11.8 Å². The Bertz CT molecular complexity index is 641. The van der Waals surface area contributed by atoms with E-state index in [-0.39, 0.29) is 5.91 Å². The Morgan fingerprint density at radius 1 is 1.38 bits per heavy atom. The van der Waals surface area contributed by atoms with Crippen LogP contribution in [0.15, 0.2) is 42.5 Å². The number of hydrogen-bond donors (Lipinski definition) is 1. The van der Waals surface area contributed by atoms with Gasteiger partial charge in [-0.2, -0.15) is 0 Å². The van der Waals surface area contributed by atoms with E-state index in [2.05, 4.69) is 0 Å². The first-order valence-electron chi connectivity index (χ1n) is 7.03. The zero-order valence-corrected chi connectivity index (χ0v) is 11.3. The van der Waals surface area contributed by atoms with Crippen LogP contribution in [0.3, 0.4) is 0 Å². The Labute approximate surface area is 121 Å². The normalized spacial score (nSPS) is 36.3. The van der Waals surface area contributed by atoms with E-state index < -0.39 is 29.5 Å².